The van der Waals surface area contributed by atoms with Crippen molar-refractivity contribution in [3.63, 3.8) is 0 Å². The molecule has 5 heteroatoms. The lowest BCUT2D eigenvalue weighted by Crippen LogP contribution is -2.41. The Morgan fingerprint density at radius 2 is 1.88 bits per heavy atom. The van der Waals surface area contributed by atoms with Crippen LogP contribution in [-0.2, 0) is 9.53 Å². The van der Waals surface area contributed by atoms with Gasteiger partial charge in [-0.3, -0.25) is 4.79 Å². The molecule has 2 aliphatic rings. The van der Waals surface area contributed by atoms with Gasteiger partial charge in [0, 0.05) is 32.6 Å². The van der Waals surface area contributed by atoms with Crippen molar-refractivity contribution in [2.24, 2.45) is 0 Å². The third-order valence-electron chi connectivity index (χ3n) is 3.36. The van der Waals surface area contributed by atoms with Crippen LogP contribution in [0.3, 0.4) is 0 Å². The molecular formula is C12H20N2O3. The van der Waals surface area contributed by atoms with Crippen LogP contribution in [0.1, 0.15) is 32.1 Å². The number of likely N-dealkylation sites (tertiary alicyclic amines) is 1. The van der Waals surface area contributed by atoms with Crippen molar-refractivity contribution < 1.29 is 14.3 Å². The molecule has 2 amide bonds. The van der Waals surface area contributed by atoms with Crippen molar-refractivity contribution >= 4 is 12.0 Å². The van der Waals surface area contributed by atoms with Crippen LogP contribution in [0.2, 0.25) is 0 Å². The van der Waals surface area contributed by atoms with Gasteiger partial charge in [0.25, 0.3) is 0 Å². The number of carbonyl (C=O) groups excluding carboxylic acids is 2. The molecule has 0 aliphatic carbocycles. The standard InChI is InChI=1S/C12H20N2O3/c15-11(13-6-2-1-3-7-13)5-9-14-8-4-10-17-12(14)16/h1-10H2. The zero-order valence-corrected chi connectivity index (χ0v) is 10.2. The fraction of sp³-hybridized carbons (Fsp3) is 0.833. The zero-order valence-electron chi connectivity index (χ0n) is 10.2. The minimum Gasteiger partial charge on any atom is -0.449 e. The van der Waals surface area contributed by atoms with E-state index in [1.54, 1.807) is 4.90 Å². The highest BCUT2D eigenvalue weighted by Crippen LogP contribution is 2.11. The lowest BCUT2D eigenvalue weighted by atomic mass is 10.1. The number of piperidine rings is 1. The predicted octanol–water partition coefficient (Wildman–Crippen LogP) is 1.23. The first-order valence-corrected chi connectivity index (χ1v) is 6.47. The van der Waals surface area contributed by atoms with Gasteiger partial charge in [-0.1, -0.05) is 0 Å². The van der Waals surface area contributed by atoms with Crippen LogP contribution in [0.4, 0.5) is 4.79 Å². The molecule has 0 atom stereocenters. The summed E-state index contributed by atoms with van der Waals surface area (Å²) in [6, 6.07) is 0. The van der Waals surface area contributed by atoms with Gasteiger partial charge in [-0.15, -0.1) is 0 Å². The number of rotatable bonds is 3. The van der Waals surface area contributed by atoms with Gasteiger partial charge in [-0.05, 0) is 25.7 Å². The number of ether oxygens (including phenoxy) is 1. The average Bonchev–Trinajstić information content (AvgIpc) is 2.38. The maximum atomic E-state index is 11.9. The molecule has 0 radical (unpaired) electrons. The second kappa shape index (κ2) is 5.89. The summed E-state index contributed by atoms with van der Waals surface area (Å²) < 4.78 is 4.93. The molecule has 0 aromatic carbocycles. The molecule has 0 bridgehead atoms. The molecule has 2 fully saturated rings. The van der Waals surface area contributed by atoms with Crippen LogP contribution in [0.5, 0.6) is 0 Å². The molecule has 0 unspecified atom stereocenters. The van der Waals surface area contributed by atoms with Gasteiger partial charge in [0.2, 0.25) is 5.91 Å². The van der Waals surface area contributed by atoms with Crippen LogP contribution in [0.25, 0.3) is 0 Å². The van der Waals surface area contributed by atoms with E-state index in [1.165, 1.54) is 6.42 Å². The first-order chi connectivity index (χ1) is 8.27. The van der Waals surface area contributed by atoms with Crippen LogP contribution in [0, 0.1) is 0 Å². The summed E-state index contributed by atoms with van der Waals surface area (Å²) in [7, 11) is 0. The van der Waals surface area contributed by atoms with Crippen molar-refractivity contribution in [2.75, 3.05) is 32.8 Å². The van der Waals surface area contributed by atoms with Crippen LogP contribution in [-0.4, -0.2) is 54.6 Å². The number of amides is 2. The number of cyclic esters (lactones) is 1. The quantitative estimate of drug-likeness (QED) is 0.745. The van der Waals surface area contributed by atoms with Crippen LogP contribution >= 0.6 is 0 Å². The second-order valence-electron chi connectivity index (χ2n) is 4.65. The van der Waals surface area contributed by atoms with E-state index in [-0.39, 0.29) is 12.0 Å². The molecule has 0 saturated carbocycles. The van der Waals surface area contributed by atoms with E-state index in [0.717, 1.165) is 32.4 Å². The van der Waals surface area contributed by atoms with Gasteiger partial charge in [0.1, 0.15) is 0 Å². The SMILES string of the molecule is O=C(CCN1CCCOC1=O)N1CCCCC1. The molecule has 2 heterocycles. The van der Waals surface area contributed by atoms with Crippen molar-refractivity contribution in [1.82, 2.24) is 9.80 Å². The zero-order chi connectivity index (χ0) is 12.1. The lowest BCUT2D eigenvalue weighted by Gasteiger charge is -2.29. The Labute approximate surface area is 102 Å². The van der Waals surface area contributed by atoms with E-state index >= 15 is 0 Å². The fourth-order valence-electron chi connectivity index (χ4n) is 2.33. The second-order valence-corrected chi connectivity index (χ2v) is 4.65. The predicted molar refractivity (Wildman–Crippen MR) is 62.6 cm³/mol. The number of hydrogen-bond acceptors (Lipinski definition) is 3. The summed E-state index contributed by atoms with van der Waals surface area (Å²) in [5, 5.41) is 0. The molecule has 96 valence electrons. The number of nitrogens with zero attached hydrogens (tertiary/aromatic N) is 2. The van der Waals surface area contributed by atoms with Crippen molar-refractivity contribution in [3.05, 3.63) is 0 Å². The molecule has 2 saturated heterocycles. The molecule has 0 aromatic heterocycles. The number of hydrogen-bond donors (Lipinski definition) is 0. The molecular weight excluding hydrogens is 220 g/mol. The van der Waals surface area contributed by atoms with E-state index in [0.29, 0.717) is 26.1 Å². The average molecular weight is 240 g/mol. The summed E-state index contributed by atoms with van der Waals surface area (Å²) >= 11 is 0. The Bertz CT molecular complexity index is 287. The third kappa shape index (κ3) is 3.35. The van der Waals surface area contributed by atoms with Crippen LogP contribution in [0.15, 0.2) is 0 Å². The summed E-state index contributed by atoms with van der Waals surface area (Å²) in [4.78, 5) is 26.8. The van der Waals surface area contributed by atoms with Gasteiger partial charge in [0.15, 0.2) is 0 Å². The van der Waals surface area contributed by atoms with E-state index in [4.69, 9.17) is 4.74 Å². The Hall–Kier alpha value is -1.26. The highest BCUT2D eigenvalue weighted by Gasteiger charge is 2.22. The van der Waals surface area contributed by atoms with E-state index < -0.39 is 0 Å². The summed E-state index contributed by atoms with van der Waals surface area (Å²) in [5.41, 5.74) is 0. The van der Waals surface area contributed by atoms with E-state index in [9.17, 15) is 9.59 Å². The lowest BCUT2D eigenvalue weighted by molar-refractivity contribution is -0.132. The monoisotopic (exact) mass is 240 g/mol. The fourth-order valence-corrected chi connectivity index (χ4v) is 2.33. The van der Waals surface area contributed by atoms with Gasteiger partial charge in [-0.25, -0.2) is 4.79 Å². The number of carbonyl (C=O) groups is 2. The molecule has 2 rings (SSSR count). The maximum Gasteiger partial charge on any atom is 0.409 e. The Morgan fingerprint density at radius 3 is 2.59 bits per heavy atom. The summed E-state index contributed by atoms with van der Waals surface area (Å²) in [6.07, 6.45) is 4.46. The van der Waals surface area contributed by atoms with Crippen molar-refractivity contribution in [3.8, 4) is 0 Å². The molecule has 0 spiro atoms. The minimum absolute atomic E-state index is 0.170. The van der Waals surface area contributed by atoms with Gasteiger partial charge in [-0.2, -0.15) is 0 Å². The smallest absolute Gasteiger partial charge is 0.409 e. The highest BCUT2D eigenvalue weighted by atomic mass is 16.6. The normalized spacial score (nSPS) is 21.3. The van der Waals surface area contributed by atoms with Crippen molar-refractivity contribution in [2.45, 2.75) is 32.1 Å². The topological polar surface area (TPSA) is 49.9 Å². The van der Waals surface area contributed by atoms with Gasteiger partial charge < -0.3 is 14.5 Å². The van der Waals surface area contributed by atoms with Gasteiger partial charge in [0.05, 0.1) is 6.61 Å². The first-order valence-electron chi connectivity index (χ1n) is 6.47. The Morgan fingerprint density at radius 1 is 1.12 bits per heavy atom. The van der Waals surface area contributed by atoms with Crippen LogP contribution < -0.4 is 0 Å². The van der Waals surface area contributed by atoms with E-state index in [1.807, 2.05) is 4.90 Å². The van der Waals surface area contributed by atoms with Gasteiger partial charge >= 0.3 is 6.09 Å². The highest BCUT2D eigenvalue weighted by molar-refractivity contribution is 5.77. The third-order valence-corrected chi connectivity index (χ3v) is 3.36. The largest absolute Gasteiger partial charge is 0.449 e. The summed E-state index contributed by atoms with van der Waals surface area (Å²) in [6.45, 7) is 3.47. The first kappa shape index (κ1) is 12.2. The Kier molecular flexibility index (Phi) is 4.23. The molecule has 17 heavy (non-hydrogen) atoms. The minimum atomic E-state index is -0.275. The summed E-state index contributed by atoms with van der Waals surface area (Å²) in [5.74, 6) is 0.170. The molecule has 2 aliphatic heterocycles. The Balaban J connectivity index is 1.73. The molecule has 0 N–H and O–H groups in total. The van der Waals surface area contributed by atoms with E-state index in [2.05, 4.69) is 0 Å². The molecule has 5 nitrogen and oxygen atoms in total. The maximum absolute atomic E-state index is 11.9. The van der Waals surface area contributed by atoms with Crippen molar-refractivity contribution in [1.29, 1.82) is 0 Å². The molecule has 0 aromatic rings.